The van der Waals surface area contributed by atoms with E-state index in [1.807, 2.05) is 36.4 Å². The molecule has 2 aromatic carbocycles. The van der Waals surface area contributed by atoms with Gasteiger partial charge >= 0.3 is 0 Å². The third kappa shape index (κ3) is 3.12. The standard InChI is InChI=1S/C20H13Br2ClN2OS/c21-11-5-6-17-13(9-11)16-10-15(18-7-8-19(22)27-18)24-25(16)20(26-17)12-3-1-2-4-14(12)23/h1-9,16,20H,10H2/t16-,20+/m0/s1. The highest BCUT2D eigenvalue weighted by atomic mass is 79.9. The summed E-state index contributed by atoms with van der Waals surface area (Å²) in [5, 5.41) is 7.70. The molecule has 3 nitrogen and oxygen atoms in total. The van der Waals surface area contributed by atoms with Crippen LogP contribution in [0.4, 0.5) is 0 Å². The zero-order valence-electron chi connectivity index (χ0n) is 13.9. The summed E-state index contributed by atoms with van der Waals surface area (Å²) < 4.78 is 8.50. The smallest absolute Gasteiger partial charge is 0.215 e. The van der Waals surface area contributed by atoms with Gasteiger partial charge in [-0.05, 0) is 52.3 Å². The molecule has 27 heavy (non-hydrogen) atoms. The van der Waals surface area contributed by atoms with Crippen LogP contribution in [0.5, 0.6) is 5.75 Å². The largest absolute Gasteiger partial charge is 0.464 e. The van der Waals surface area contributed by atoms with Crippen molar-refractivity contribution in [1.82, 2.24) is 5.01 Å². The van der Waals surface area contributed by atoms with Crippen LogP contribution in [0.25, 0.3) is 0 Å². The maximum atomic E-state index is 6.49. The number of halogens is 3. The first-order valence-corrected chi connectivity index (χ1v) is 11.2. The second kappa shape index (κ2) is 6.92. The molecular weight excluding hydrogens is 512 g/mol. The summed E-state index contributed by atoms with van der Waals surface area (Å²) >= 11 is 15.3. The molecule has 3 heterocycles. The molecule has 3 aromatic rings. The summed E-state index contributed by atoms with van der Waals surface area (Å²) in [5.41, 5.74) is 3.14. The molecular formula is C20H13Br2ClN2OS. The van der Waals surface area contributed by atoms with Crippen molar-refractivity contribution >= 4 is 60.5 Å². The van der Waals surface area contributed by atoms with E-state index in [-0.39, 0.29) is 12.3 Å². The third-order valence-corrected chi connectivity index (χ3v) is 7.29. The Bertz CT molecular complexity index is 1070. The highest BCUT2D eigenvalue weighted by Crippen LogP contribution is 2.49. The lowest BCUT2D eigenvalue weighted by atomic mass is 9.98. The number of hydrogen-bond acceptors (Lipinski definition) is 4. The molecule has 0 spiro atoms. The van der Waals surface area contributed by atoms with Crippen molar-refractivity contribution in [3.63, 3.8) is 0 Å². The van der Waals surface area contributed by atoms with E-state index in [0.717, 1.165) is 37.3 Å². The monoisotopic (exact) mass is 522 g/mol. The number of rotatable bonds is 2. The zero-order valence-corrected chi connectivity index (χ0v) is 18.6. The molecule has 0 aliphatic carbocycles. The van der Waals surface area contributed by atoms with Crippen LogP contribution in [-0.4, -0.2) is 10.7 Å². The molecule has 2 aliphatic heterocycles. The fourth-order valence-electron chi connectivity index (χ4n) is 3.56. The number of hydrogen-bond donors (Lipinski definition) is 0. The molecule has 2 aliphatic rings. The lowest BCUT2D eigenvalue weighted by Gasteiger charge is -2.38. The molecule has 0 saturated heterocycles. The van der Waals surface area contributed by atoms with Gasteiger partial charge in [0.05, 0.1) is 20.4 Å². The van der Waals surface area contributed by atoms with Crippen molar-refractivity contribution in [2.24, 2.45) is 5.10 Å². The highest BCUT2D eigenvalue weighted by molar-refractivity contribution is 9.11. The van der Waals surface area contributed by atoms with E-state index in [4.69, 9.17) is 21.4 Å². The second-order valence-corrected chi connectivity index (χ2v) is 10.2. The topological polar surface area (TPSA) is 24.8 Å². The Balaban J connectivity index is 1.63. The van der Waals surface area contributed by atoms with E-state index in [0.29, 0.717) is 5.02 Å². The van der Waals surface area contributed by atoms with Gasteiger partial charge in [-0.3, -0.25) is 0 Å². The van der Waals surface area contributed by atoms with Gasteiger partial charge in [0, 0.05) is 27.0 Å². The van der Waals surface area contributed by atoms with Crippen LogP contribution >= 0.6 is 54.8 Å². The second-order valence-electron chi connectivity index (χ2n) is 6.42. The maximum Gasteiger partial charge on any atom is 0.215 e. The number of nitrogens with zero attached hydrogens (tertiary/aromatic N) is 2. The van der Waals surface area contributed by atoms with Gasteiger partial charge < -0.3 is 4.74 Å². The average Bonchev–Trinajstić information content (AvgIpc) is 3.28. The van der Waals surface area contributed by atoms with Crippen molar-refractivity contribution in [3.8, 4) is 5.75 Å². The quantitative estimate of drug-likeness (QED) is 0.355. The molecule has 0 fully saturated rings. The molecule has 136 valence electrons. The van der Waals surface area contributed by atoms with Crippen LogP contribution in [0.15, 0.2) is 68.0 Å². The Hall–Kier alpha value is -1.34. The van der Waals surface area contributed by atoms with Crippen molar-refractivity contribution in [2.75, 3.05) is 0 Å². The van der Waals surface area contributed by atoms with Crippen LogP contribution in [0, 0.1) is 0 Å². The first-order valence-electron chi connectivity index (χ1n) is 8.42. The van der Waals surface area contributed by atoms with Crippen LogP contribution < -0.4 is 4.74 Å². The predicted octanol–water partition coefficient (Wildman–Crippen LogP) is 7.17. The minimum atomic E-state index is -0.349. The summed E-state index contributed by atoms with van der Waals surface area (Å²) in [5.74, 6) is 0.883. The van der Waals surface area contributed by atoms with Crippen LogP contribution in [0.2, 0.25) is 5.02 Å². The molecule has 1 aromatic heterocycles. The number of benzene rings is 2. The van der Waals surface area contributed by atoms with Crippen molar-refractivity contribution in [2.45, 2.75) is 18.7 Å². The SMILES string of the molecule is Clc1ccccc1[C@H]1Oc2ccc(Br)cc2[C@@H]2CC(c3ccc(Br)s3)=NN12. The fraction of sp³-hybridized carbons (Fsp3) is 0.150. The third-order valence-electron chi connectivity index (χ3n) is 4.78. The summed E-state index contributed by atoms with van der Waals surface area (Å²) in [6, 6.07) is 18.2. The normalized spacial score (nSPS) is 20.7. The van der Waals surface area contributed by atoms with Gasteiger partial charge in [0.2, 0.25) is 6.23 Å². The first-order chi connectivity index (χ1) is 13.1. The van der Waals surface area contributed by atoms with Crippen LogP contribution in [0.3, 0.4) is 0 Å². The van der Waals surface area contributed by atoms with Gasteiger partial charge in [-0.15, -0.1) is 11.3 Å². The molecule has 0 unspecified atom stereocenters. The van der Waals surface area contributed by atoms with Crippen molar-refractivity contribution in [3.05, 3.63) is 83.9 Å². The highest BCUT2D eigenvalue weighted by Gasteiger charge is 2.41. The van der Waals surface area contributed by atoms with Gasteiger partial charge in [0.25, 0.3) is 0 Å². The summed E-state index contributed by atoms with van der Waals surface area (Å²) in [6.45, 7) is 0. The molecule has 0 bridgehead atoms. The first kappa shape index (κ1) is 17.7. The van der Waals surface area contributed by atoms with Gasteiger partial charge in [0.15, 0.2) is 0 Å². The number of hydrazone groups is 1. The fourth-order valence-corrected chi connectivity index (χ4v) is 5.54. The Kier molecular flexibility index (Phi) is 4.55. The Morgan fingerprint density at radius 2 is 1.93 bits per heavy atom. The average molecular weight is 525 g/mol. The summed E-state index contributed by atoms with van der Waals surface area (Å²) in [4.78, 5) is 1.17. The van der Waals surface area contributed by atoms with E-state index in [9.17, 15) is 0 Å². The minimum absolute atomic E-state index is 0.114. The van der Waals surface area contributed by atoms with Gasteiger partial charge in [-0.1, -0.05) is 45.7 Å². The van der Waals surface area contributed by atoms with E-state index >= 15 is 0 Å². The van der Waals surface area contributed by atoms with Crippen molar-refractivity contribution in [1.29, 1.82) is 0 Å². The molecule has 0 saturated carbocycles. The molecule has 0 radical (unpaired) electrons. The van der Waals surface area contributed by atoms with Gasteiger partial charge in [-0.2, -0.15) is 5.10 Å². The summed E-state index contributed by atoms with van der Waals surface area (Å²) in [7, 11) is 0. The van der Waals surface area contributed by atoms with Gasteiger partial charge in [-0.25, -0.2) is 5.01 Å². The summed E-state index contributed by atoms with van der Waals surface area (Å²) in [6.07, 6.45) is 0.485. The lowest BCUT2D eigenvalue weighted by molar-refractivity contribution is -0.0190. The Morgan fingerprint density at radius 1 is 1.07 bits per heavy atom. The van der Waals surface area contributed by atoms with E-state index in [2.05, 4.69) is 55.1 Å². The zero-order chi connectivity index (χ0) is 18.5. The molecule has 0 amide bonds. The Labute approximate surface area is 182 Å². The molecule has 0 N–H and O–H groups in total. The number of ether oxygens (including phenoxy) is 1. The lowest BCUT2D eigenvalue weighted by Crippen LogP contribution is -2.33. The van der Waals surface area contributed by atoms with E-state index < -0.39 is 0 Å². The van der Waals surface area contributed by atoms with Crippen molar-refractivity contribution < 1.29 is 4.74 Å². The van der Waals surface area contributed by atoms with E-state index in [1.54, 1.807) is 11.3 Å². The molecule has 5 rings (SSSR count). The van der Waals surface area contributed by atoms with Crippen LogP contribution in [0.1, 0.15) is 34.7 Å². The maximum absolute atomic E-state index is 6.49. The van der Waals surface area contributed by atoms with Gasteiger partial charge in [0.1, 0.15) is 5.75 Å². The van der Waals surface area contributed by atoms with E-state index in [1.165, 1.54) is 4.88 Å². The Morgan fingerprint density at radius 3 is 2.70 bits per heavy atom. The predicted molar refractivity (Wildman–Crippen MR) is 117 cm³/mol. The number of thiophene rings is 1. The van der Waals surface area contributed by atoms with Crippen LogP contribution in [-0.2, 0) is 0 Å². The minimum Gasteiger partial charge on any atom is -0.464 e. The number of fused-ring (bicyclic) bond motifs is 3. The molecule has 2 atom stereocenters. The molecule has 7 heteroatoms.